The molecule has 2 saturated heterocycles. The van der Waals surface area contributed by atoms with Crippen LogP contribution in [0.15, 0.2) is 46.9 Å². The highest BCUT2D eigenvalue weighted by molar-refractivity contribution is 9.10. The number of carbonyl (C=O) groups excluding carboxylic acids is 1. The number of hydrogen-bond donors (Lipinski definition) is 0. The van der Waals surface area contributed by atoms with E-state index < -0.39 is 0 Å². The molecule has 2 aromatic rings. The highest BCUT2D eigenvalue weighted by Crippen LogP contribution is 2.28. The average Bonchev–Trinajstić information content (AvgIpc) is 2.79. The van der Waals surface area contributed by atoms with Crippen molar-refractivity contribution in [2.24, 2.45) is 11.8 Å². The quantitative estimate of drug-likeness (QED) is 0.563. The van der Waals surface area contributed by atoms with Gasteiger partial charge in [-0.25, -0.2) is 9.18 Å². The molecule has 7 heteroatoms. The number of cyclic esters (lactones) is 1. The minimum absolute atomic E-state index is 0.177. The van der Waals surface area contributed by atoms with E-state index in [2.05, 4.69) is 20.8 Å². The summed E-state index contributed by atoms with van der Waals surface area (Å²) in [6.45, 7) is 4.06. The van der Waals surface area contributed by atoms with E-state index in [9.17, 15) is 9.18 Å². The summed E-state index contributed by atoms with van der Waals surface area (Å²) in [6.07, 6.45) is 2.80. The van der Waals surface area contributed by atoms with E-state index in [1.807, 2.05) is 24.3 Å². The van der Waals surface area contributed by atoms with Gasteiger partial charge in [0.1, 0.15) is 11.6 Å². The normalized spacial score (nSPS) is 20.5. The lowest BCUT2D eigenvalue weighted by atomic mass is 9.89. The number of piperidine rings is 1. The van der Waals surface area contributed by atoms with E-state index in [-0.39, 0.29) is 17.8 Å². The number of methoxy groups -OCH3 is 1. The highest BCUT2D eigenvalue weighted by atomic mass is 79.9. The van der Waals surface area contributed by atoms with E-state index in [1.54, 1.807) is 24.1 Å². The third-order valence-corrected chi connectivity index (χ3v) is 7.00. The Balaban J connectivity index is 1.29. The molecule has 2 fully saturated rings. The molecule has 0 radical (unpaired) electrons. The number of likely N-dealkylation sites (tertiary alicyclic amines) is 1. The van der Waals surface area contributed by atoms with Crippen molar-refractivity contribution in [3.63, 3.8) is 0 Å². The highest BCUT2D eigenvalue weighted by Gasteiger charge is 2.30. The molecule has 2 aliphatic rings. The van der Waals surface area contributed by atoms with E-state index in [0.29, 0.717) is 19.1 Å². The summed E-state index contributed by atoms with van der Waals surface area (Å²) >= 11 is 3.54. The number of carbonyl (C=O) groups is 1. The molecule has 0 bridgehead atoms. The monoisotopic (exact) mass is 490 g/mol. The first kappa shape index (κ1) is 22.1. The molecule has 1 unspecified atom stereocenters. The van der Waals surface area contributed by atoms with Crippen molar-refractivity contribution >= 4 is 27.7 Å². The van der Waals surface area contributed by atoms with Crippen LogP contribution in [0.3, 0.4) is 0 Å². The number of ether oxygens (including phenoxy) is 2. The number of rotatable bonds is 6. The largest absolute Gasteiger partial charge is 0.497 e. The number of benzene rings is 2. The topological polar surface area (TPSA) is 42.0 Å². The molecule has 0 saturated carbocycles. The summed E-state index contributed by atoms with van der Waals surface area (Å²) in [7, 11) is 1.63. The molecule has 4 rings (SSSR count). The van der Waals surface area contributed by atoms with Gasteiger partial charge in [-0.15, -0.1) is 0 Å². The van der Waals surface area contributed by atoms with Crippen LogP contribution in [-0.2, 0) is 11.2 Å². The van der Waals surface area contributed by atoms with Gasteiger partial charge in [-0.1, -0.05) is 15.9 Å². The minimum Gasteiger partial charge on any atom is -0.497 e. The SMILES string of the molecule is COc1ccc(N2CC(CN3CCC(Cc4cc(F)ccc4Br)CC3)COC2=O)cc1. The zero-order valence-electron chi connectivity index (χ0n) is 17.7. The van der Waals surface area contributed by atoms with E-state index in [0.717, 1.165) is 60.4 Å². The number of anilines is 1. The molecule has 2 heterocycles. The Bertz CT molecular complexity index is 900. The van der Waals surface area contributed by atoms with Crippen molar-refractivity contribution in [1.82, 2.24) is 4.90 Å². The zero-order valence-corrected chi connectivity index (χ0v) is 19.3. The molecule has 2 aliphatic heterocycles. The lowest BCUT2D eigenvalue weighted by Gasteiger charge is -2.38. The van der Waals surface area contributed by atoms with Crippen molar-refractivity contribution in [3.05, 3.63) is 58.3 Å². The van der Waals surface area contributed by atoms with E-state index >= 15 is 0 Å². The van der Waals surface area contributed by atoms with Gasteiger partial charge in [0.25, 0.3) is 0 Å². The smallest absolute Gasteiger partial charge is 0.414 e. The minimum atomic E-state index is -0.291. The average molecular weight is 491 g/mol. The molecule has 5 nitrogen and oxygen atoms in total. The zero-order chi connectivity index (χ0) is 21.8. The third-order valence-electron chi connectivity index (χ3n) is 6.23. The fraction of sp³-hybridized carbons (Fsp3) is 0.458. The number of halogens is 2. The fourth-order valence-electron chi connectivity index (χ4n) is 4.48. The molecule has 0 aromatic heterocycles. The molecule has 1 atom stereocenters. The molecule has 1 amide bonds. The Morgan fingerprint density at radius 2 is 1.87 bits per heavy atom. The van der Waals surface area contributed by atoms with Crippen LogP contribution in [0.5, 0.6) is 5.75 Å². The van der Waals surface area contributed by atoms with Crippen LogP contribution >= 0.6 is 15.9 Å². The molecule has 0 spiro atoms. The molecule has 0 aliphatic carbocycles. The van der Waals surface area contributed by atoms with Crippen molar-refractivity contribution in [1.29, 1.82) is 0 Å². The lowest BCUT2D eigenvalue weighted by Crippen LogP contribution is -2.48. The summed E-state index contributed by atoms with van der Waals surface area (Å²) in [6, 6.07) is 12.4. The summed E-state index contributed by atoms with van der Waals surface area (Å²) in [5.41, 5.74) is 1.88. The predicted molar refractivity (Wildman–Crippen MR) is 122 cm³/mol. The van der Waals surface area contributed by atoms with Crippen molar-refractivity contribution in [3.8, 4) is 5.75 Å². The van der Waals surface area contributed by atoms with Crippen LogP contribution in [-0.4, -0.2) is 50.9 Å². The maximum Gasteiger partial charge on any atom is 0.414 e. The van der Waals surface area contributed by atoms with Crippen LogP contribution in [0.1, 0.15) is 18.4 Å². The Morgan fingerprint density at radius 1 is 1.13 bits per heavy atom. The molecule has 2 aromatic carbocycles. The maximum absolute atomic E-state index is 13.6. The summed E-state index contributed by atoms with van der Waals surface area (Å²) in [5.74, 6) is 1.42. The van der Waals surface area contributed by atoms with Crippen molar-refractivity contribution in [2.45, 2.75) is 19.3 Å². The van der Waals surface area contributed by atoms with Gasteiger partial charge in [-0.2, -0.15) is 0 Å². The second-order valence-corrected chi connectivity index (χ2v) is 9.29. The predicted octanol–water partition coefficient (Wildman–Crippen LogP) is 5.12. The van der Waals surface area contributed by atoms with Crippen LogP contribution in [0.25, 0.3) is 0 Å². The van der Waals surface area contributed by atoms with Gasteiger partial charge < -0.3 is 14.4 Å². The molecule has 0 N–H and O–H groups in total. The first-order valence-electron chi connectivity index (χ1n) is 10.8. The second kappa shape index (κ2) is 10.0. The Kier molecular flexibility index (Phi) is 7.13. The summed E-state index contributed by atoms with van der Waals surface area (Å²) < 4.78 is 25.2. The maximum atomic E-state index is 13.6. The van der Waals surface area contributed by atoms with Crippen LogP contribution in [0, 0.1) is 17.7 Å². The van der Waals surface area contributed by atoms with Crippen molar-refractivity contribution < 1.29 is 18.7 Å². The third kappa shape index (κ3) is 5.57. The molecule has 31 heavy (non-hydrogen) atoms. The van der Waals surface area contributed by atoms with Gasteiger partial charge >= 0.3 is 6.09 Å². The lowest BCUT2D eigenvalue weighted by molar-refractivity contribution is 0.0870. The van der Waals surface area contributed by atoms with E-state index in [1.165, 1.54) is 6.07 Å². The van der Waals surface area contributed by atoms with Crippen LogP contribution < -0.4 is 9.64 Å². The number of nitrogens with zero attached hydrogens (tertiary/aromatic N) is 2. The molecular weight excluding hydrogens is 463 g/mol. The molecular formula is C24H28BrFN2O3. The van der Waals surface area contributed by atoms with Gasteiger partial charge in [0, 0.05) is 29.2 Å². The van der Waals surface area contributed by atoms with Gasteiger partial charge in [0.15, 0.2) is 0 Å². The van der Waals surface area contributed by atoms with Gasteiger partial charge in [-0.3, -0.25) is 4.90 Å². The van der Waals surface area contributed by atoms with Gasteiger partial charge in [-0.05, 0) is 86.3 Å². The van der Waals surface area contributed by atoms with Crippen LogP contribution in [0.2, 0.25) is 0 Å². The second-order valence-electron chi connectivity index (χ2n) is 8.44. The van der Waals surface area contributed by atoms with Gasteiger partial charge in [0.2, 0.25) is 0 Å². The Labute approximate surface area is 191 Å². The number of amides is 1. The first-order chi connectivity index (χ1) is 15.0. The number of hydrogen-bond acceptors (Lipinski definition) is 4. The standard InChI is InChI=1S/C24H28BrFN2O3/c1-30-22-5-3-21(4-6-22)28-15-18(16-31-24(28)29)14-27-10-8-17(9-11-27)12-19-13-20(26)2-7-23(19)25/h2-7,13,17-18H,8-12,14-16H2,1H3. The Morgan fingerprint density at radius 3 is 2.58 bits per heavy atom. The summed E-state index contributed by atoms with van der Waals surface area (Å²) in [5, 5.41) is 0. The van der Waals surface area contributed by atoms with Gasteiger partial charge in [0.05, 0.1) is 13.7 Å². The Hall–Kier alpha value is -2.12. The first-order valence-corrected chi connectivity index (χ1v) is 11.6. The summed E-state index contributed by atoms with van der Waals surface area (Å²) in [4.78, 5) is 16.5. The van der Waals surface area contributed by atoms with E-state index in [4.69, 9.17) is 9.47 Å². The molecule has 166 valence electrons. The fourth-order valence-corrected chi connectivity index (χ4v) is 4.89. The van der Waals surface area contributed by atoms with Crippen LogP contribution in [0.4, 0.5) is 14.9 Å². The van der Waals surface area contributed by atoms with Crippen molar-refractivity contribution in [2.75, 3.05) is 44.8 Å².